The summed E-state index contributed by atoms with van der Waals surface area (Å²) in [5, 5.41) is 0. The summed E-state index contributed by atoms with van der Waals surface area (Å²) in [5.41, 5.74) is 0. The molecule has 3 nitrogen and oxygen atoms in total. The molecule has 1 N–H and O–H groups in total. The average Bonchev–Trinajstić information content (AvgIpc) is 1.87. The smallest absolute Gasteiger partial charge is 0.207 e. The molecule has 0 spiro atoms. The minimum atomic E-state index is -2.61. The van der Waals surface area contributed by atoms with Crippen LogP contribution < -0.4 is 0 Å². The van der Waals surface area contributed by atoms with Crippen molar-refractivity contribution in [3.8, 4) is 0 Å². The molecule has 0 atom stereocenters. The van der Waals surface area contributed by atoms with Crippen LogP contribution in [-0.2, 0) is 10.5 Å². The Morgan fingerprint density at radius 3 is 1.73 bits per heavy atom. The van der Waals surface area contributed by atoms with Crippen LogP contribution in [0.4, 0.5) is 4.39 Å². The van der Waals surface area contributed by atoms with Gasteiger partial charge in [-0.2, -0.15) is 13.2 Å². The lowest BCUT2D eigenvalue weighted by atomic mass is 10.4. The van der Waals surface area contributed by atoms with Crippen molar-refractivity contribution in [2.45, 2.75) is 0 Å². The van der Waals surface area contributed by atoms with Crippen molar-refractivity contribution in [1.29, 1.82) is 4.78 Å². The maximum atomic E-state index is 11.9. The lowest BCUT2D eigenvalue weighted by Crippen LogP contribution is -1.63. The van der Waals surface area contributed by atoms with Crippen molar-refractivity contribution < 1.29 is 12.8 Å². The first-order valence-electron chi connectivity index (χ1n) is 2.64. The molecule has 0 saturated carbocycles. The highest BCUT2D eigenvalue weighted by Crippen LogP contribution is 1.91. The van der Waals surface area contributed by atoms with Gasteiger partial charge in [-0.05, 0) is 12.1 Å². The first-order chi connectivity index (χ1) is 5.13. The van der Waals surface area contributed by atoms with Crippen LogP contribution in [0.3, 0.4) is 0 Å². The van der Waals surface area contributed by atoms with E-state index in [1.807, 2.05) is 0 Å². The minimum Gasteiger partial charge on any atom is -0.207 e. The number of halogens is 1. The van der Waals surface area contributed by atoms with Gasteiger partial charge in [-0.3, -0.25) is 0 Å². The second-order valence-electron chi connectivity index (χ2n) is 1.53. The van der Waals surface area contributed by atoms with Gasteiger partial charge in [0.15, 0.2) is 0 Å². The molecule has 0 radical (unpaired) electrons. The van der Waals surface area contributed by atoms with Crippen molar-refractivity contribution in [3.63, 3.8) is 0 Å². The third-order valence-electron chi connectivity index (χ3n) is 0.733. The summed E-state index contributed by atoms with van der Waals surface area (Å²) in [6.45, 7) is 0. The summed E-state index contributed by atoms with van der Waals surface area (Å²) >= 11 is 0. The number of hydrogen-bond donors (Lipinski definition) is 1. The van der Waals surface area contributed by atoms with Gasteiger partial charge in [-0.1, -0.05) is 18.2 Å². The molecule has 0 aliphatic carbocycles. The van der Waals surface area contributed by atoms with E-state index in [1.165, 1.54) is 12.1 Å². The van der Waals surface area contributed by atoms with Gasteiger partial charge in [0.05, 0.1) is 0 Å². The molecule has 0 aliphatic rings. The zero-order chi connectivity index (χ0) is 8.69. The fourth-order valence-corrected chi connectivity index (χ4v) is 0.415. The summed E-state index contributed by atoms with van der Waals surface area (Å²) in [5.74, 6) is -0.178. The molecule has 0 unspecified atom stereocenters. The zero-order valence-corrected chi connectivity index (χ0v) is 6.31. The van der Waals surface area contributed by atoms with Crippen LogP contribution in [0.25, 0.3) is 0 Å². The summed E-state index contributed by atoms with van der Waals surface area (Å²) in [6, 6.07) is 7.94. The largest absolute Gasteiger partial charge is 0.308 e. The third-order valence-corrected chi connectivity index (χ3v) is 0.733. The highest BCUT2D eigenvalue weighted by atomic mass is 32.2. The second kappa shape index (κ2) is 5.55. The van der Waals surface area contributed by atoms with Crippen LogP contribution in [0.2, 0.25) is 0 Å². The van der Waals surface area contributed by atoms with E-state index in [1.54, 1.807) is 18.2 Å². The van der Waals surface area contributed by atoms with Crippen molar-refractivity contribution >= 4 is 10.5 Å². The Labute approximate surface area is 65.0 Å². The molecule has 1 aromatic rings. The highest BCUT2D eigenvalue weighted by molar-refractivity contribution is 7.60. The maximum absolute atomic E-state index is 11.9. The van der Waals surface area contributed by atoms with E-state index in [0.717, 1.165) is 0 Å². The number of hydrogen-bond acceptors (Lipinski definition) is 3. The van der Waals surface area contributed by atoms with E-state index in [9.17, 15) is 4.39 Å². The number of rotatable bonds is 0. The normalized spacial score (nSPS) is 7.73. The number of benzene rings is 1. The van der Waals surface area contributed by atoms with Crippen LogP contribution >= 0.6 is 0 Å². The van der Waals surface area contributed by atoms with Crippen LogP contribution in [-0.4, -0.2) is 8.42 Å². The molecule has 1 aromatic carbocycles. The molecule has 11 heavy (non-hydrogen) atoms. The second-order valence-corrected chi connectivity index (χ2v) is 2.00. The quantitative estimate of drug-likeness (QED) is 0.648. The molecule has 60 valence electrons. The standard InChI is InChI=1S/C6H5F.HNO2S/c7-6-4-2-1-3-5-6;1-4(2)3/h1-5H;1H. The monoisotopic (exact) mass is 175 g/mol. The topological polar surface area (TPSA) is 58.0 Å². The molecule has 0 amide bonds. The van der Waals surface area contributed by atoms with Gasteiger partial charge >= 0.3 is 10.5 Å². The Morgan fingerprint density at radius 2 is 1.55 bits per heavy atom. The predicted octanol–water partition coefficient (Wildman–Crippen LogP) is 1.45. The van der Waals surface area contributed by atoms with E-state index in [4.69, 9.17) is 13.2 Å². The molecule has 0 heterocycles. The van der Waals surface area contributed by atoms with Gasteiger partial charge in [-0.15, -0.1) is 0 Å². The van der Waals surface area contributed by atoms with Gasteiger partial charge in [0.1, 0.15) is 5.82 Å². The SMILES string of the molecule is Fc1ccccc1.N=S(=O)=O. The average molecular weight is 175 g/mol. The Balaban J connectivity index is 0.000000218. The third kappa shape index (κ3) is 8.77. The molecule has 0 aromatic heterocycles. The van der Waals surface area contributed by atoms with Crippen LogP contribution in [0, 0.1) is 10.6 Å². The first-order valence-corrected chi connectivity index (χ1v) is 3.71. The molecule has 0 saturated heterocycles. The van der Waals surface area contributed by atoms with E-state index < -0.39 is 10.5 Å². The van der Waals surface area contributed by atoms with Gasteiger partial charge in [0.2, 0.25) is 0 Å². The van der Waals surface area contributed by atoms with Gasteiger partial charge < -0.3 is 0 Å². The Kier molecular flexibility index (Phi) is 4.93. The lowest BCUT2D eigenvalue weighted by molar-refractivity contribution is 0.620. The number of nitrogens with one attached hydrogen (secondary N) is 1. The zero-order valence-electron chi connectivity index (χ0n) is 5.49. The lowest BCUT2D eigenvalue weighted by Gasteiger charge is -1.78. The molecule has 1 rings (SSSR count). The first kappa shape index (κ1) is 9.77. The fraction of sp³-hybridized carbons (Fsp3) is 0. The van der Waals surface area contributed by atoms with E-state index in [0.29, 0.717) is 0 Å². The predicted molar refractivity (Wildman–Crippen MR) is 38.0 cm³/mol. The van der Waals surface area contributed by atoms with Crippen LogP contribution in [0.5, 0.6) is 0 Å². The molecule has 0 fully saturated rings. The van der Waals surface area contributed by atoms with E-state index >= 15 is 0 Å². The molecule has 5 heteroatoms. The van der Waals surface area contributed by atoms with E-state index in [-0.39, 0.29) is 5.82 Å². The minimum absolute atomic E-state index is 0.178. The fourth-order valence-electron chi connectivity index (χ4n) is 0.415. The van der Waals surface area contributed by atoms with Crippen LogP contribution in [0.15, 0.2) is 30.3 Å². The molecular formula is C6H6FNO2S. The van der Waals surface area contributed by atoms with Crippen molar-refractivity contribution in [2.75, 3.05) is 0 Å². The summed E-state index contributed by atoms with van der Waals surface area (Å²) in [4.78, 5) is 0. The van der Waals surface area contributed by atoms with Crippen molar-refractivity contribution in [1.82, 2.24) is 0 Å². The van der Waals surface area contributed by atoms with Gasteiger partial charge in [-0.25, -0.2) is 4.39 Å². The molecule has 0 aliphatic heterocycles. The van der Waals surface area contributed by atoms with Gasteiger partial charge in [0.25, 0.3) is 0 Å². The van der Waals surface area contributed by atoms with Crippen molar-refractivity contribution in [2.24, 2.45) is 0 Å². The van der Waals surface area contributed by atoms with E-state index in [2.05, 4.69) is 0 Å². The summed E-state index contributed by atoms with van der Waals surface area (Å²) < 4.78 is 34.7. The summed E-state index contributed by atoms with van der Waals surface area (Å²) in [7, 11) is -2.61. The highest BCUT2D eigenvalue weighted by Gasteiger charge is 1.77. The van der Waals surface area contributed by atoms with Crippen LogP contribution in [0.1, 0.15) is 0 Å². The maximum Gasteiger partial charge on any atom is 0.308 e. The van der Waals surface area contributed by atoms with Gasteiger partial charge in [0, 0.05) is 0 Å². The molecular weight excluding hydrogens is 169 g/mol. The van der Waals surface area contributed by atoms with Crippen molar-refractivity contribution in [3.05, 3.63) is 36.1 Å². The molecule has 0 bridgehead atoms. The Hall–Kier alpha value is -1.23. The summed E-state index contributed by atoms with van der Waals surface area (Å²) in [6.07, 6.45) is 0. The Morgan fingerprint density at radius 1 is 1.18 bits per heavy atom. The Bertz CT molecular complexity index is 287.